The first kappa shape index (κ1) is 21.1. The molecule has 4 aromatic rings. The summed E-state index contributed by atoms with van der Waals surface area (Å²) in [5.74, 6) is -1.22. The topological polar surface area (TPSA) is 95.6 Å². The van der Waals surface area contributed by atoms with Gasteiger partial charge in [0.25, 0.3) is 5.91 Å². The van der Waals surface area contributed by atoms with Crippen LogP contribution < -0.4 is 10.6 Å². The van der Waals surface area contributed by atoms with Gasteiger partial charge in [0, 0.05) is 37.2 Å². The average Bonchev–Trinajstić information content (AvgIpc) is 3.33. The Labute approximate surface area is 182 Å². The van der Waals surface area contributed by atoms with Crippen molar-refractivity contribution in [3.63, 3.8) is 0 Å². The van der Waals surface area contributed by atoms with Crippen molar-refractivity contribution in [2.24, 2.45) is 0 Å². The van der Waals surface area contributed by atoms with Gasteiger partial charge in [0.05, 0.1) is 11.8 Å². The number of aromatic nitrogens is 4. The van der Waals surface area contributed by atoms with Crippen LogP contribution in [-0.2, 0) is 13.0 Å². The van der Waals surface area contributed by atoms with Gasteiger partial charge in [0.15, 0.2) is 5.82 Å². The van der Waals surface area contributed by atoms with E-state index < -0.39 is 11.7 Å². The lowest BCUT2D eigenvalue weighted by atomic mass is 10.1. The second kappa shape index (κ2) is 9.78. The standard InChI is InChI=1S/C23H20F2N6O/c24-18-5-1-3-15(9-18)6-8-27-22-19(23(32)28-12-16-4-2-7-26-11-16)10-20(25)21(31-22)17-13-29-30-14-17/h1-5,7,9-11,13-14H,6,8,12H2,(H,27,31)(H,28,32)(H,29,30). The largest absolute Gasteiger partial charge is 0.369 e. The number of carbonyl (C=O) groups excluding carboxylic acids is 1. The molecule has 1 aromatic carbocycles. The zero-order valence-electron chi connectivity index (χ0n) is 17.0. The molecule has 0 atom stereocenters. The number of H-pyrrole nitrogens is 1. The Morgan fingerprint density at radius 2 is 1.94 bits per heavy atom. The predicted octanol–water partition coefficient (Wildman–Crippen LogP) is 3.73. The first-order chi connectivity index (χ1) is 15.6. The van der Waals surface area contributed by atoms with Crippen LogP contribution in [0.4, 0.5) is 14.6 Å². The van der Waals surface area contributed by atoms with E-state index in [4.69, 9.17) is 0 Å². The van der Waals surface area contributed by atoms with Gasteiger partial charge in [-0.3, -0.25) is 14.9 Å². The summed E-state index contributed by atoms with van der Waals surface area (Å²) in [5, 5.41) is 12.3. The molecule has 0 aliphatic carbocycles. The third kappa shape index (κ3) is 5.12. The van der Waals surface area contributed by atoms with Crippen LogP contribution in [0.25, 0.3) is 11.3 Å². The SMILES string of the molecule is O=C(NCc1cccnc1)c1cc(F)c(-c2cn[nH]c2)nc1NCCc1cccc(F)c1. The Balaban J connectivity index is 1.56. The number of aromatic amines is 1. The summed E-state index contributed by atoms with van der Waals surface area (Å²) in [4.78, 5) is 21.2. The molecular weight excluding hydrogens is 414 g/mol. The highest BCUT2D eigenvalue weighted by atomic mass is 19.1. The van der Waals surface area contributed by atoms with Crippen LogP contribution in [-0.4, -0.2) is 32.6 Å². The summed E-state index contributed by atoms with van der Waals surface area (Å²) in [5.41, 5.74) is 2.19. The van der Waals surface area contributed by atoms with Crippen LogP contribution in [0, 0.1) is 11.6 Å². The lowest BCUT2D eigenvalue weighted by molar-refractivity contribution is 0.0951. The Kier molecular flexibility index (Phi) is 6.45. The van der Waals surface area contributed by atoms with Gasteiger partial charge in [-0.15, -0.1) is 0 Å². The van der Waals surface area contributed by atoms with Crippen molar-refractivity contribution in [2.75, 3.05) is 11.9 Å². The van der Waals surface area contributed by atoms with E-state index in [1.165, 1.54) is 24.5 Å². The first-order valence-electron chi connectivity index (χ1n) is 9.95. The summed E-state index contributed by atoms with van der Waals surface area (Å²) < 4.78 is 28.2. The number of benzene rings is 1. The second-order valence-corrected chi connectivity index (χ2v) is 7.05. The molecule has 0 bridgehead atoms. The highest BCUT2D eigenvalue weighted by molar-refractivity contribution is 5.99. The number of halogens is 2. The fourth-order valence-corrected chi connectivity index (χ4v) is 3.18. The Morgan fingerprint density at radius 3 is 2.69 bits per heavy atom. The van der Waals surface area contributed by atoms with E-state index in [-0.39, 0.29) is 29.4 Å². The van der Waals surface area contributed by atoms with Crippen LogP contribution in [0.5, 0.6) is 0 Å². The van der Waals surface area contributed by atoms with Crippen LogP contribution in [0.1, 0.15) is 21.5 Å². The molecule has 3 aromatic heterocycles. The number of nitrogens with zero attached hydrogens (tertiary/aromatic N) is 3. The zero-order valence-corrected chi connectivity index (χ0v) is 17.0. The maximum atomic E-state index is 14.8. The molecule has 162 valence electrons. The lowest BCUT2D eigenvalue weighted by Gasteiger charge is -2.14. The van der Waals surface area contributed by atoms with E-state index in [2.05, 4.69) is 30.8 Å². The van der Waals surface area contributed by atoms with Crippen molar-refractivity contribution in [3.05, 3.63) is 95.6 Å². The maximum absolute atomic E-state index is 14.8. The molecule has 0 saturated carbocycles. The van der Waals surface area contributed by atoms with Gasteiger partial charge in [-0.05, 0) is 41.8 Å². The summed E-state index contributed by atoms with van der Waals surface area (Å²) in [7, 11) is 0. The molecule has 0 radical (unpaired) electrons. The van der Waals surface area contributed by atoms with E-state index in [1.54, 1.807) is 30.6 Å². The molecular formula is C23H20F2N6O. The summed E-state index contributed by atoms with van der Waals surface area (Å²) in [6, 6.07) is 11.0. The van der Waals surface area contributed by atoms with Gasteiger partial charge < -0.3 is 10.6 Å². The molecule has 0 aliphatic heterocycles. The third-order valence-corrected chi connectivity index (χ3v) is 4.76. The number of amides is 1. The van der Waals surface area contributed by atoms with Gasteiger partial charge >= 0.3 is 0 Å². The zero-order chi connectivity index (χ0) is 22.3. The van der Waals surface area contributed by atoms with E-state index >= 15 is 0 Å². The van der Waals surface area contributed by atoms with E-state index in [1.807, 2.05) is 6.07 Å². The molecule has 4 rings (SSSR count). The van der Waals surface area contributed by atoms with Crippen molar-refractivity contribution < 1.29 is 13.6 Å². The average molecular weight is 434 g/mol. The molecule has 0 saturated heterocycles. The summed E-state index contributed by atoms with van der Waals surface area (Å²) in [6.07, 6.45) is 6.74. The first-order valence-corrected chi connectivity index (χ1v) is 9.95. The minimum Gasteiger partial charge on any atom is -0.369 e. The Morgan fingerprint density at radius 1 is 1.06 bits per heavy atom. The third-order valence-electron chi connectivity index (χ3n) is 4.76. The molecule has 3 N–H and O–H groups in total. The van der Waals surface area contributed by atoms with Crippen LogP contribution in [0.2, 0.25) is 0 Å². The number of nitrogens with one attached hydrogen (secondary N) is 3. The Hall–Kier alpha value is -4.14. The number of pyridine rings is 2. The van der Waals surface area contributed by atoms with Gasteiger partial charge in [-0.2, -0.15) is 5.10 Å². The molecule has 0 unspecified atom stereocenters. The van der Waals surface area contributed by atoms with Crippen molar-refractivity contribution >= 4 is 11.7 Å². The molecule has 32 heavy (non-hydrogen) atoms. The fraction of sp³-hybridized carbons (Fsp3) is 0.130. The molecule has 1 amide bonds. The number of hydrogen-bond donors (Lipinski definition) is 3. The molecule has 0 spiro atoms. The van der Waals surface area contributed by atoms with Crippen molar-refractivity contribution in [1.82, 2.24) is 25.5 Å². The molecule has 0 aliphatic rings. The Bertz CT molecular complexity index is 1200. The smallest absolute Gasteiger partial charge is 0.255 e. The second-order valence-electron chi connectivity index (χ2n) is 7.05. The predicted molar refractivity (Wildman–Crippen MR) is 116 cm³/mol. The van der Waals surface area contributed by atoms with E-state index in [0.717, 1.165) is 17.2 Å². The highest BCUT2D eigenvalue weighted by Gasteiger charge is 2.19. The number of hydrogen-bond acceptors (Lipinski definition) is 5. The van der Waals surface area contributed by atoms with Crippen LogP contribution >= 0.6 is 0 Å². The maximum Gasteiger partial charge on any atom is 0.255 e. The monoisotopic (exact) mass is 434 g/mol. The fourth-order valence-electron chi connectivity index (χ4n) is 3.18. The quantitative estimate of drug-likeness (QED) is 0.393. The van der Waals surface area contributed by atoms with Gasteiger partial charge in [-0.25, -0.2) is 13.8 Å². The van der Waals surface area contributed by atoms with Crippen LogP contribution in [0.3, 0.4) is 0 Å². The van der Waals surface area contributed by atoms with Gasteiger partial charge in [-0.1, -0.05) is 18.2 Å². The van der Waals surface area contributed by atoms with Crippen molar-refractivity contribution in [3.8, 4) is 11.3 Å². The highest BCUT2D eigenvalue weighted by Crippen LogP contribution is 2.25. The van der Waals surface area contributed by atoms with Gasteiger partial charge in [0.2, 0.25) is 0 Å². The van der Waals surface area contributed by atoms with E-state index in [9.17, 15) is 13.6 Å². The minimum absolute atomic E-state index is 0.0656. The summed E-state index contributed by atoms with van der Waals surface area (Å²) in [6.45, 7) is 0.607. The number of carbonyl (C=O) groups is 1. The minimum atomic E-state index is -0.645. The van der Waals surface area contributed by atoms with E-state index in [0.29, 0.717) is 18.5 Å². The number of anilines is 1. The van der Waals surface area contributed by atoms with Crippen molar-refractivity contribution in [1.29, 1.82) is 0 Å². The lowest BCUT2D eigenvalue weighted by Crippen LogP contribution is -2.25. The molecule has 7 nitrogen and oxygen atoms in total. The molecule has 9 heteroatoms. The molecule has 3 heterocycles. The van der Waals surface area contributed by atoms with Crippen LogP contribution in [0.15, 0.2) is 67.3 Å². The summed E-state index contributed by atoms with van der Waals surface area (Å²) >= 11 is 0. The van der Waals surface area contributed by atoms with Crippen molar-refractivity contribution in [2.45, 2.75) is 13.0 Å². The normalized spacial score (nSPS) is 10.7. The number of rotatable bonds is 8. The van der Waals surface area contributed by atoms with Gasteiger partial charge in [0.1, 0.15) is 17.3 Å². The molecule has 0 fully saturated rings.